The maximum Gasteiger partial charge on any atom is 0.0839 e. The first kappa shape index (κ1) is 16.5. The monoisotopic (exact) mass is 307 g/mol. The van der Waals surface area contributed by atoms with Crippen molar-refractivity contribution in [2.75, 3.05) is 13.1 Å². The largest absolute Gasteiger partial charge is 0.393 e. The third kappa shape index (κ3) is 2.88. The van der Waals surface area contributed by atoms with Crippen molar-refractivity contribution in [2.24, 2.45) is 17.8 Å². The molecule has 5 atom stereocenters. The van der Waals surface area contributed by atoms with E-state index in [0.717, 1.165) is 45.2 Å². The molecule has 0 spiro atoms. The molecule has 1 heterocycles. The van der Waals surface area contributed by atoms with E-state index in [9.17, 15) is 10.2 Å². The number of aliphatic hydroxyl groups is 2. The van der Waals surface area contributed by atoms with Gasteiger partial charge >= 0.3 is 0 Å². The van der Waals surface area contributed by atoms with Crippen molar-refractivity contribution >= 4 is 0 Å². The van der Waals surface area contributed by atoms with Crippen LogP contribution in [0.25, 0.3) is 0 Å². The summed E-state index contributed by atoms with van der Waals surface area (Å²) in [6, 6.07) is 0. The SMILES string of the molecule is C[C@@H]1CC[C@@H](C(C)(C)N2CC[C@@H]3CC=CC[C@@]3(O)C2)[C@H](O)C1. The van der Waals surface area contributed by atoms with Crippen LogP contribution in [0.3, 0.4) is 0 Å². The van der Waals surface area contributed by atoms with Crippen LogP contribution in [-0.2, 0) is 0 Å². The molecule has 126 valence electrons. The summed E-state index contributed by atoms with van der Waals surface area (Å²) in [5.74, 6) is 1.38. The van der Waals surface area contributed by atoms with E-state index in [1.165, 1.54) is 6.42 Å². The minimum atomic E-state index is -0.558. The Morgan fingerprint density at radius 1 is 1.18 bits per heavy atom. The molecular formula is C19H33NO2. The Morgan fingerprint density at radius 3 is 2.68 bits per heavy atom. The molecule has 1 saturated heterocycles. The normalized spacial score (nSPS) is 43.9. The van der Waals surface area contributed by atoms with Gasteiger partial charge in [0.1, 0.15) is 0 Å². The number of nitrogens with zero attached hydrogens (tertiary/aromatic N) is 1. The number of rotatable bonds is 2. The number of allylic oxidation sites excluding steroid dienone is 1. The molecule has 2 fully saturated rings. The Bertz CT molecular complexity index is 433. The Kier molecular flexibility index (Phi) is 4.43. The van der Waals surface area contributed by atoms with Crippen LogP contribution in [0.5, 0.6) is 0 Å². The third-order valence-corrected chi connectivity index (χ3v) is 6.83. The number of aliphatic hydroxyl groups excluding tert-OH is 1. The van der Waals surface area contributed by atoms with Gasteiger partial charge in [-0.25, -0.2) is 0 Å². The zero-order valence-electron chi connectivity index (χ0n) is 14.5. The molecule has 0 unspecified atom stereocenters. The second-order valence-corrected chi connectivity index (χ2v) is 8.67. The van der Waals surface area contributed by atoms with Crippen LogP contribution in [0.2, 0.25) is 0 Å². The summed E-state index contributed by atoms with van der Waals surface area (Å²) in [4.78, 5) is 2.46. The van der Waals surface area contributed by atoms with Gasteiger partial charge in [0.05, 0.1) is 11.7 Å². The van der Waals surface area contributed by atoms with Crippen molar-refractivity contribution in [1.82, 2.24) is 4.90 Å². The molecule has 0 aromatic heterocycles. The first-order valence-electron chi connectivity index (χ1n) is 9.13. The van der Waals surface area contributed by atoms with Crippen LogP contribution >= 0.6 is 0 Å². The van der Waals surface area contributed by atoms with Gasteiger partial charge in [0.25, 0.3) is 0 Å². The van der Waals surface area contributed by atoms with Gasteiger partial charge < -0.3 is 10.2 Å². The molecule has 1 aliphatic heterocycles. The number of likely N-dealkylation sites (tertiary alicyclic amines) is 1. The lowest BCUT2D eigenvalue weighted by Crippen LogP contribution is -2.63. The number of β-amino-alcohol motifs (C(OH)–C–C–N with tert-alkyl or cyclic N) is 1. The zero-order valence-corrected chi connectivity index (χ0v) is 14.5. The van der Waals surface area contributed by atoms with Gasteiger partial charge in [-0.15, -0.1) is 0 Å². The highest BCUT2D eigenvalue weighted by molar-refractivity contribution is 5.09. The average molecular weight is 307 g/mol. The highest BCUT2D eigenvalue weighted by Gasteiger charge is 2.48. The van der Waals surface area contributed by atoms with Crippen LogP contribution in [0.1, 0.15) is 59.3 Å². The van der Waals surface area contributed by atoms with E-state index in [2.05, 4.69) is 37.8 Å². The number of hydrogen-bond donors (Lipinski definition) is 2. The highest BCUT2D eigenvalue weighted by Crippen LogP contribution is 2.43. The summed E-state index contributed by atoms with van der Waals surface area (Å²) in [6.07, 6.45) is 10.3. The molecule has 0 bridgehead atoms. The third-order valence-electron chi connectivity index (χ3n) is 6.83. The first-order valence-corrected chi connectivity index (χ1v) is 9.13. The molecule has 22 heavy (non-hydrogen) atoms. The van der Waals surface area contributed by atoms with Gasteiger partial charge in [-0.05, 0) is 64.3 Å². The molecule has 3 aliphatic rings. The fourth-order valence-corrected chi connectivity index (χ4v) is 5.14. The second kappa shape index (κ2) is 5.92. The van der Waals surface area contributed by atoms with Crippen molar-refractivity contribution in [2.45, 2.75) is 76.5 Å². The van der Waals surface area contributed by atoms with Crippen molar-refractivity contribution in [1.29, 1.82) is 0 Å². The lowest BCUT2D eigenvalue weighted by molar-refractivity contribution is -0.127. The quantitative estimate of drug-likeness (QED) is 0.771. The molecule has 0 aromatic rings. The summed E-state index contributed by atoms with van der Waals surface area (Å²) in [5.41, 5.74) is -0.599. The van der Waals surface area contributed by atoms with Crippen molar-refractivity contribution < 1.29 is 10.2 Å². The molecule has 1 saturated carbocycles. The van der Waals surface area contributed by atoms with Crippen molar-refractivity contribution in [3.63, 3.8) is 0 Å². The van der Waals surface area contributed by atoms with Crippen LogP contribution in [0, 0.1) is 17.8 Å². The lowest BCUT2D eigenvalue weighted by Gasteiger charge is -2.55. The Balaban J connectivity index is 1.74. The molecule has 0 amide bonds. The number of hydrogen-bond acceptors (Lipinski definition) is 3. The lowest BCUT2D eigenvalue weighted by atomic mass is 9.68. The van der Waals surface area contributed by atoms with Gasteiger partial charge in [-0.2, -0.15) is 0 Å². The molecule has 2 aliphatic carbocycles. The summed E-state index contributed by atoms with van der Waals surface area (Å²) >= 11 is 0. The predicted octanol–water partition coefficient (Wildman–Crippen LogP) is 2.97. The Morgan fingerprint density at radius 2 is 1.95 bits per heavy atom. The van der Waals surface area contributed by atoms with Gasteiger partial charge in [-0.1, -0.05) is 25.5 Å². The fourth-order valence-electron chi connectivity index (χ4n) is 5.14. The fraction of sp³-hybridized carbons (Fsp3) is 0.895. The minimum Gasteiger partial charge on any atom is -0.393 e. The van der Waals surface area contributed by atoms with Gasteiger partial charge in [0.15, 0.2) is 0 Å². The standard InChI is InChI=1S/C19H33NO2/c1-14-7-8-16(17(21)12-14)18(2,3)20-11-9-15-6-4-5-10-19(15,22)13-20/h4-5,14-17,21-22H,6-13H2,1-3H3/t14-,15+,16-,17-,19-/m1/s1. The van der Waals surface area contributed by atoms with Crippen molar-refractivity contribution in [3.8, 4) is 0 Å². The summed E-state index contributed by atoms with van der Waals surface area (Å²) < 4.78 is 0. The molecule has 3 heteroatoms. The van der Waals surface area contributed by atoms with E-state index in [1.807, 2.05) is 0 Å². The average Bonchev–Trinajstić information content (AvgIpc) is 2.45. The Hall–Kier alpha value is -0.380. The maximum absolute atomic E-state index is 11.1. The molecule has 0 radical (unpaired) electrons. The van der Waals surface area contributed by atoms with E-state index >= 15 is 0 Å². The second-order valence-electron chi connectivity index (χ2n) is 8.67. The van der Waals surface area contributed by atoms with Crippen LogP contribution in [0.15, 0.2) is 12.2 Å². The summed E-state index contributed by atoms with van der Waals surface area (Å²) in [7, 11) is 0. The molecule has 2 N–H and O–H groups in total. The minimum absolute atomic E-state index is 0.0403. The first-order chi connectivity index (χ1) is 10.3. The van der Waals surface area contributed by atoms with E-state index in [-0.39, 0.29) is 11.6 Å². The van der Waals surface area contributed by atoms with Gasteiger partial charge in [0, 0.05) is 18.0 Å². The van der Waals surface area contributed by atoms with Crippen LogP contribution in [0.4, 0.5) is 0 Å². The van der Waals surface area contributed by atoms with Crippen molar-refractivity contribution in [3.05, 3.63) is 12.2 Å². The van der Waals surface area contributed by atoms with Crippen LogP contribution < -0.4 is 0 Å². The molecule has 0 aromatic carbocycles. The van der Waals surface area contributed by atoms with Gasteiger partial charge in [-0.3, -0.25) is 4.90 Å². The smallest absolute Gasteiger partial charge is 0.0839 e. The van der Waals surface area contributed by atoms with E-state index < -0.39 is 5.60 Å². The van der Waals surface area contributed by atoms with Crippen LogP contribution in [-0.4, -0.2) is 45.4 Å². The molecule has 3 nitrogen and oxygen atoms in total. The molecule has 3 rings (SSSR count). The topological polar surface area (TPSA) is 43.7 Å². The number of fused-ring (bicyclic) bond motifs is 1. The predicted molar refractivity (Wildman–Crippen MR) is 89.6 cm³/mol. The highest BCUT2D eigenvalue weighted by atomic mass is 16.3. The summed E-state index contributed by atoms with van der Waals surface area (Å²) in [6.45, 7) is 8.60. The Labute approximate surface area is 135 Å². The van der Waals surface area contributed by atoms with E-state index in [4.69, 9.17) is 0 Å². The van der Waals surface area contributed by atoms with E-state index in [0.29, 0.717) is 17.8 Å². The zero-order chi connectivity index (χ0) is 16.0. The molecular weight excluding hydrogens is 274 g/mol. The maximum atomic E-state index is 11.1. The van der Waals surface area contributed by atoms with Gasteiger partial charge in [0.2, 0.25) is 0 Å². The summed E-state index contributed by atoms with van der Waals surface area (Å²) in [5, 5.41) is 21.7. The van der Waals surface area contributed by atoms with E-state index in [1.54, 1.807) is 0 Å². The number of piperidine rings is 1.